The standard InChI is InChI=1S/C13H16ClNO/c1-8-7-11(14)9(2)6-10(8)13(16)12-4-3-5-15-12/h6-7,12,15H,3-5H2,1-2H3. The minimum Gasteiger partial charge on any atom is -0.307 e. The lowest BCUT2D eigenvalue weighted by atomic mass is 9.97. The Bertz CT molecular complexity index is 422. The van der Waals surface area contributed by atoms with E-state index in [0.717, 1.165) is 41.1 Å². The third kappa shape index (κ3) is 2.13. The molecule has 2 nitrogen and oxygen atoms in total. The van der Waals surface area contributed by atoms with Crippen molar-refractivity contribution in [2.75, 3.05) is 6.54 Å². The fourth-order valence-corrected chi connectivity index (χ4v) is 2.36. The second-order valence-corrected chi connectivity index (χ2v) is 4.84. The van der Waals surface area contributed by atoms with Gasteiger partial charge in [0.1, 0.15) is 0 Å². The van der Waals surface area contributed by atoms with Crippen molar-refractivity contribution >= 4 is 17.4 Å². The molecule has 0 amide bonds. The molecule has 1 N–H and O–H groups in total. The third-order valence-electron chi connectivity index (χ3n) is 3.15. The van der Waals surface area contributed by atoms with Gasteiger partial charge in [-0.2, -0.15) is 0 Å². The number of aryl methyl sites for hydroxylation is 2. The first-order valence-corrected chi connectivity index (χ1v) is 6.01. The summed E-state index contributed by atoms with van der Waals surface area (Å²) in [6.45, 7) is 4.82. The monoisotopic (exact) mass is 237 g/mol. The molecule has 1 heterocycles. The molecule has 1 fully saturated rings. The molecule has 1 aromatic carbocycles. The largest absolute Gasteiger partial charge is 0.307 e. The second-order valence-electron chi connectivity index (χ2n) is 4.43. The molecule has 1 atom stereocenters. The van der Waals surface area contributed by atoms with Crippen LogP contribution in [0.2, 0.25) is 5.02 Å². The molecule has 1 saturated heterocycles. The number of hydrogen-bond acceptors (Lipinski definition) is 2. The van der Waals surface area contributed by atoms with Gasteiger partial charge in [0.2, 0.25) is 0 Å². The molecule has 2 rings (SSSR count). The summed E-state index contributed by atoms with van der Waals surface area (Å²) in [5, 5.41) is 3.96. The van der Waals surface area contributed by atoms with Gasteiger partial charge in [-0.15, -0.1) is 0 Å². The number of carbonyl (C=O) groups is 1. The van der Waals surface area contributed by atoms with Gasteiger partial charge in [0.25, 0.3) is 0 Å². The van der Waals surface area contributed by atoms with E-state index in [-0.39, 0.29) is 11.8 Å². The van der Waals surface area contributed by atoms with Crippen molar-refractivity contribution in [3.8, 4) is 0 Å². The maximum absolute atomic E-state index is 12.2. The molecule has 1 unspecified atom stereocenters. The molecule has 0 aromatic heterocycles. The summed E-state index contributed by atoms with van der Waals surface area (Å²) in [4.78, 5) is 12.2. The summed E-state index contributed by atoms with van der Waals surface area (Å²) in [5.41, 5.74) is 2.74. The van der Waals surface area contributed by atoms with E-state index in [9.17, 15) is 4.79 Å². The van der Waals surface area contributed by atoms with Gasteiger partial charge < -0.3 is 5.32 Å². The van der Waals surface area contributed by atoms with Crippen LogP contribution in [-0.4, -0.2) is 18.4 Å². The molecular formula is C13H16ClNO. The highest BCUT2D eigenvalue weighted by atomic mass is 35.5. The first-order chi connectivity index (χ1) is 7.59. The van der Waals surface area contributed by atoms with Crippen molar-refractivity contribution in [1.82, 2.24) is 5.32 Å². The Morgan fingerprint density at radius 1 is 1.38 bits per heavy atom. The molecule has 3 heteroatoms. The molecule has 1 aliphatic rings. The van der Waals surface area contributed by atoms with Crippen molar-refractivity contribution in [3.63, 3.8) is 0 Å². The van der Waals surface area contributed by atoms with Crippen molar-refractivity contribution in [2.24, 2.45) is 0 Å². The van der Waals surface area contributed by atoms with E-state index in [1.165, 1.54) is 0 Å². The highest BCUT2D eigenvalue weighted by Gasteiger charge is 2.24. The van der Waals surface area contributed by atoms with Crippen molar-refractivity contribution in [2.45, 2.75) is 32.7 Å². The van der Waals surface area contributed by atoms with Crippen LogP contribution in [0, 0.1) is 13.8 Å². The maximum atomic E-state index is 12.2. The van der Waals surface area contributed by atoms with E-state index in [0.29, 0.717) is 0 Å². The van der Waals surface area contributed by atoms with E-state index in [1.54, 1.807) is 0 Å². The number of benzene rings is 1. The van der Waals surface area contributed by atoms with Gasteiger partial charge in [-0.25, -0.2) is 0 Å². The molecule has 0 saturated carbocycles. The highest BCUT2D eigenvalue weighted by molar-refractivity contribution is 6.31. The zero-order chi connectivity index (χ0) is 11.7. The predicted octanol–water partition coefficient (Wildman–Crippen LogP) is 2.89. The zero-order valence-corrected chi connectivity index (χ0v) is 10.4. The summed E-state index contributed by atoms with van der Waals surface area (Å²) in [5.74, 6) is 0.203. The van der Waals surface area contributed by atoms with E-state index in [2.05, 4.69) is 5.32 Å². The minimum absolute atomic E-state index is 0.000671. The fraction of sp³-hybridized carbons (Fsp3) is 0.462. The number of ketones is 1. The Hall–Kier alpha value is -0.860. The lowest BCUT2D eigenvalue weighted by molar-refractivity contribution is 0.0951. The minimum atomic E-state index is -0.000671. The van der Waals surface area contributed by atoms with Gasteiger partial charge in [0.05, 0.1) is 6.04 Å². The predicted molar refractivity (Wildman–Crippen MR) is 66.3 cm³/mol. The lowest BCUT2D eigenvalue weighted by Crippen LogP contribution is -2.31. The Morgan fingerprint density at radius 2 is 2.12 bits per heavy atom. The highest BCUT2D eigenvalue weighted by Crippen LogP contribution is 2.23. The molecule has 0 bridgehead atoms. The van der Waals surface area contributed by atoms with E-state index < -0.39 is 0 Å². The smallest absolute Gasteiger partial charge is 0.180 e. The Kier molecular flexibility index (Phi) is 3.31. The van der Waals surface area contributed by atoms with Crippen LogP contribution in [0.25, 0.3) is 0 Å². The SMILES string of the molecule is Cc1cc(C(=O)C2CCCN2)c(C)cc1Cl. The van der Waals surface area contributed by atoms with Crippen molar-refractivity contribution < 1.29 is 4.79 Å². The van der Waals surface area contributed by atoms with Crippen LogP contribution in [-0.2, 0) is 0 Å². The van der Waals surface area contributed by atoms with Crippen LogP contribution in [0.15, 0.2) is 12.1 Å². The molecule has 16 heavy (non-hydrogen) atoms. The van der Waals surface area contributed by atoms with Crippen LogP contribution in [0.3, 0.4) is 0 Å². The molecular weight excluding hydrogens is 222 g/mol. The third-order valence-corrected chi connectivity index (χ3v) is 3.56. The van der Waals surface area contributed by atoms with Gasteiger partial charge in [-0.1, -0.05) is 11.6 Å². The Labute approximate surface area is 101 Å². The summed E-state index contributed by atoms with van der Waals surface area (Å²) in [6.07, 6.45) is 2.03. The maximum Gasteiger partial charge on any atom is 0.180 e. The van der Waals surface area contributed by atoms with E-state index in [1.807, 2.05) is 26.0 Å². The lowest BCUT2D eigenvalue weighted by Gasteiger charge is -2.12. The van der Waals surface area contributed by atoms with Crippen molar-refractivity contribution in [3.05, 3.63) is 33.8 Å². The topological polar surface area (TPSA) is 29.1 Å². The van der Waals surface area contributed by atoms with E-state index >= 15 is 0 Å². The fourth-order valence-electron chi connectivity index (χ4n) is 2.14. The average molecular weight is 238 g/mol. The molecule has 0 spiro atoms. The number of carbonyl (C=O) groups excluding carboxylic acids is 1. The van der Waals surface area contributed by atoms with Crippen LogP contribution in [0.5, 0.6) is 0 Å². The van der Waals surface area contributed by atoms with Gasteiger partial charge in [0.15, 0.2) is 5.78 Å². The first kappa shape index (κ1) is 11.6. The molecule has 0 radical (unpaired) electrons. The van der Waals surface area contributed by atoms with Crippen LogP contribution in [0.4, 0.5) is 0 Å². The van der Waals surface area contributed by atoms with Gasteiger partial charge in [0, 0.05) is 10.6 Å². The van der Waals surface area contributed by atoms with Crippen LogP contribution < -0.4 is 5.32 Å². The van der Waals surface area contributed by atoms with Gasteiger partial charge in [-0.05, 0) is 56.5 Å². The Morgan fingerprint density at radius 3 is 2.75 bits per heavy atom. The normalized spacial score (nSPS) is 20.1. The summed E-state index contributed by atoms with van der Waals surface area (Å²) in [6, 6.07) is 3.78. The number of rotatable bonds is 2. The van der Waals surface area contributed by atoms with Crippen LogP contribution in [0.1, 0.15) is 34.3 Å². The summed E-state index contributed by atoms with van der Waals surface area (Å²) >= 11 is 6.02. The molecule has 0 aliphatic carbocycles. The second kappa shape index (κ2) is 4.56. The van der Waals surface area contributed by atoms with Gasteiger partial charge in [-0.3, -0.25) is 4.79 Å². The number of halogens is 1. The zero-order valence-electron chi connectivity index (χ0n) is 9.64. The average Bonchev–Trinajstić information content (AvgIpc) is 2.75. The molecule has 86 valence electrons. The van der Waals surface area contributed by atoms with Gasteiger partial charge >= 0.3 is 0 Å². The Balaban J connectivity index is 2.32. The summed E-state index contributed by atoms with van der Waals surface area (Å²) < 4.78 is 0. The molecule has 1 aromatic rings. The summed E-state index contributed by atoms with van der Waals surface area (Å²) in [7, 11) is 0. The number of hydrogen-bond donors (Lipinski definition) is 1. The molecule has 1 aliphatic heterocycles. The quantitative estimate of drug-likeness (QED) is 0.802. The van der Waals surface area contributed by atoms with Crippen LogP contribution >= 0.6 is 11.6 Å². The van der Waals surface area contributed by atoms with E-state index in [4.69, 9.17) is 11.6 Å². The number of Topliss-reactive ketones (excluding diaryl/α,β-unsaturated/α-hetero) is 1. The first-order valence-electron chi connectivity index (χ1n) is 5.64. The number of nitrogens with one attached hydrogen (secondary N) is 1. The van der Waals surface area contributed by atoms with Crippen molar-refractivity contribution in [1.29, 1.82) is 0 Å².